The van der Waals surface area contributed by atoms with Crippen molar-refractivity contribution in [1.82, 2.24) is 0 Å². The maximum absolute atomic E-state index is 11.0. The van der Waals surface area contributed by atoms with E-state index in [4.69, 9.17) is 15.6 Å². The molecule has 2 aromatic carbocycles. The monoisotopic (exact) mass is 286 g/mol. The number of nitrogens with two attached hydrogens (primary N) is 1. The predicted octanol–water partition coefficient (Wildman–Crippen LogP) is 3.50. The van der Waals surface area contributed by atoms with E-state index in [1.807, 2.05) is 24.3 Å². The van der Waals surface area contributed by atoms with Crippen molar-refractivity contribution in [2.24, 2.45) is 0 Å². The van der Waals surface area contributed by atoms with E-state index in [2.05, 4.69) is 12.2 Å². The summed E-state index contributed by atoms with van der Waals surface area (Å²) in [5.74, 6) is -0.231. The molecule has 0 bridgehead atoms. The molecule has 2 aromatic rings. The van der Waals surface area contributed by atoms with E-state index < -0.39 is 5.97 Å². The zero-order valence-electron chi connectivity index (χ0n) is 11.8. The van der Waals surface area contributed by atoms with Gasteiger partial charge in [-0.15, -0.1) is 0 Å². The Morgan fingerprint density at radius 2 is 1.86 bits per heavy atom. The molecule has 0 saturated heterocycles. The molecule has 0 atom stereocenters. The third-order valence-corrected chi connectivity index (χ3v) is 2.90. The number of hydrogen-bond acceptors (Lipinski definition) is 4. The number of rotatable bonds is 6. The molecule has 2 rings (SSSR count). The van der Waals surface area contributed by atoms with Crippen molar-refractivity contribution in [3.63, 3.8) is 0 Å². The number of carbonyl (C=O) groups is 1. The predicted molar refractivity (Wildman–Crippen MR) is 83.3 cm³/mol. The number of carboxylic acid groups (broad SMARTS) is 1. The Balaban J connectivity index is 2.11. The van der Waals surface area contributed by atoms with Crippen LogP contribution in [0.2, 0.25) is 0 Å². The van der Waals surface area contributed by atoms with Crippen LogP contribution in [0.5, 0.6) is 5.75 Å². The highest BCUT2D eigenvalue weighted by molar-refractivity contribution is 5.95. The number of nitrogens with one attached hydrogen (secondary N) is 1. The van der Waals surface area contributed by atoms with Gasteiger partial charge < -0.3 is 20.9 Å². The SMILES string of the molecule is CCCOc1ccc(Nc2ccc(N)c(C(=O)O)c2)cc1. The van der Waals surface area contributed by atoms with Crippen LogP contribution in [0, 0.1) is 0 Å². The van der Waals surface area contributed by atoms with Crippen molar-refractivity contribution < 1.29 is 14.6 Å². The van der Waals surface area contributed by atoms with Gasteiger partial charge in [0.15, 0.2) is 0 Å². The molecule has 0 aliphatic carbocycles. The van der Waals surface area contributed by atoms with Gasteiger partial charge in [0, 0.05) is 17.1 Å². The minimum Gasteiger partial charge on any atom is -0.494 e. The van der Waals surface area contributed by atoms with Crippen LogP contribution >= 0.6 is 0 Å². The molecule has 110 valence electrons. The van der Waals surface area contributed by atoms with Crippen LogP contribution in [0.3, 0.4) is 0 Å². The van der Waals surface area contributed by atoms with Crippen molar-refractivity contribution >= 4 is 23.0 Å². The molecule has 0 saturated carbocycles. The summed E-state index contributed by atoms with van der Waals surface area (Å²) in [5, 5.41) is 12.2. The third-order valence-electron chi connectivity index (χ3n) is 2.90. The van der Waals surface area contributed by atoms with E-state index in [9.17, 15) is 4.79 Å². The van der Waals surface area contributed by atoms with Gasteiger partial charge in [-0.1, -0.05) is 6.92 Å². The topological polar surface area (TPSA) is 84.6 Å². The zero-order valence-corrected chi connectivity index (χ0v) is 11.8. The number of anilines is 3. The lowest BCUT2D eigenvalue weighted by Crippen LogP contribution is -2.03. The molecule has 5 nitrogen and oxygen atoms in total. The Morgan fingerprint density at radius 3 is 2.48 bits per heavy atom. The number of carboxylic acids is 1. The number of benzene rings is 2. The maximum Gasteiger partial charge on any atom is 0.337 e. The second kappa shape index (κ2) is 6.65. The summed E-state index contributed by atoms with van der Waals surface area (Å²) >= 11 is 0. The zero-order chi connectivity index (χ0) is 15.2. The first-order valence-corrected chi connectivity index (χ1v) is 6.73. The van der Waals surface area contributed by atoms with Crippen molar-refractivity contribution in [1.29, 1.82) is 0 Å². The lowest BCUT2D eigenvalue weighted by atomic mass is 10.1. The van der Waals surface area contributed by atoms with Gasteiger partial charge in [-0.05, 0) is 48.9 Å². The summed E-state index contributed by atoms with van der Waals surface area (Å²) < 4.78 is 5.50. The Labute approximate surface area is 123 Å². The van der Waals surface area contributed by atoms with E-state index in [1.54, 1.807) is 12.1 Å². The normalized spacial score (nSPS) is 10.1. The molecule has 4 N–H and O–H groups in total. The van der Waals surface area contributed by atoms with Crippen LogP contribution in [0.15, 0.2) is 42.5 Å². The first kappa shape index (κ1) is 14.7. The molecule has 0 spiro atoms. The molecular formula is C16H18N2O3. The highest BCUT2D eigenvalue weighted by Gasteiger charge is 2.08. The highest BCUT2D eigenvalue weighted by Crippen LogP contribution is 2.23. The molecule has 0 fully saturated rings. The molecule has 0 heterocycles. The van der Waals surface area contributed by atoms with E-state index in [0.29, 0.717) is 12.3 Å². The number of aromatic carboxylic acids is 1. The van der Waals surface area contributed by atoms with Gasteiger partial charge in [0.05, 0.1) is 12.2 Å². The van der Waals surface area contributed by atoms with Gasteiger partial charge >= 0.3 is 5.97 Å². The Morgan fingerprint density at radius 1 is 1.19 bits per heavy atom. The smallest absolute Gasteiger partial charge is 0.337 e. The van der Waals surface area contributed by atoms with Crippen molar-refractivity contribution in [3.8, 4) is 5.75 Å². The maximum atomic E-state index is 11.0. The number of ether oxygens (including phenoxy) is 1. The van der Waals surface area contributed by atoms with Gasteiger partial charge in [-0.3, -0.25) is 0 Å². The molecule has 0 radical (unpaired) electrons. The fourth-order valence-electron chi connectivity index (χ4n) is 1.84. The molecule has 0 amide bonds. The summed E-state index contributed by atoms with van der Waals surface area (Å²) in [6.45, 7) is 2.74. The van der Waals surface area contributed by atoms with Crippen LogP contribution in [-0.4, -0.2) is 17.7 Å². The van der Waals surface area contributed by atoms with E-state index in [1.165, 1.54) is 6.07 Å². The molecule has 0 aromatic heterocycles. The molecule has 0 unspecified atom stereocenters. The first-order valence-electron chi connectivity index (χ1n) is 6.73. The second-order valence-electron chi connectivity index (χ2n) is 4.61. The molecule has 21 heavy (non-hydrogen) atoms. The average molecular weight is 286 g/mol. The van der Waals surface area contributed by atoms with Crippen molar-refractivity contribution in [2.45, 2.75) is 13.3 Å². The van der Waals surface area contributed by atoms with E-state index in [-0.39, 0.29) is 11.3 Å². The van der Waals surface area contributed by atoms with Crippen molar-refractivity contribution in [3.05, 3.63) is 48.0 Å². The van der Waals surface area contributed by atoms with Gasteiger partial charge in [0.1, 0.15) is 5.75 Å². The first-order chi connectivity index (χ1) is 10.1. The Kier molecular flexibility index (Phi) is 4.66. The van der Waals surface area contributed by atoms with Crippen LogP contribution in [0.25, 0.3) is 0 Å². The largest absolute Gasteiger partial charge is 0.494 e. The Hall–Kier alpha value is -2.69. The average Bonchev–Trinajstić information content (AvgIpc) is 2.48. The van der Waals surface area contributed by atoms with Gasteiger partial charge in [0.25, 0.3) is 0 Å². The van der Waals surface area contributed by atoms with E-state index >= 15 is 0 Å². The van der Waals surface area contributed by atoms with Gasteiger partial charge in [-0.25, -0.2) is 4.79 Å². The Bertz CT molecular complexity index is 624. The summed E-state index contributed by atoms with van der Waals surface area (Å²) in [6, 6.07) is 12.3. The summed E-state index contributed by atoms with van der Waals surface area (Å²) in [7, 11) is 0. The van der Waals surface area contributed by atoms with Crippen LogP contribution < -0.4 is 15.8 Å². The third kappa shape index (κ3) is 3.89. The lowest BCUT2D eigenvalue weighted by molar-refractivity contribution is 0.0698. The van der Waals surface area contributed by atoms with Crippen LogP contribution in [0.1, 0.15) is 23.7 Å². The van der Waals surface area contributed by atoms with Gasteiger partial charge in [-0.2, -0.15) is 0 Å². The van der Waals surface area contributed by atoms with Crippen LogP contribution in [-0.2, 0) is 0 Å². The fourth-order valence-corrected chi connectivity index (χ4v) is 1.84. The lowest BCUT2D eigenvalue weighted by Gasteiger charge is -2.10. The summed E-state index contributed by atoms with van der Waals surface area (Å²) in [5.41, 5.74) is 7.48. The number of nitrogen functional groups attached to an aromatic ring is 1. The van der Waals surface area contributed by atoms with E-state index in [0.717, 1.165) is 17.9 Å². The molecule has 0 aliphatic rings. The quantitative estimate of drug-likeness (QED) is 0.708. The standard InChI is InChI=1S/C16H18N2O3/c1-2-9-21-13-6-3-11(4-7-13)18-12-5-8-15(17)14(10-12)16(19)20/h3-8,10,18H,2,9,17H2,1H3,(H,19,20). The highest BCUT2D eigenvalue weighted by atomic mass is 16.5. The molecule has 5 heteroatoms. The minimum absolute atomic E-state index is 0.0860. The molecular weight excluding hydrogens is 268 g/mol. The summed E-state index contributed by atoms with van der Waals surface area (Å²) in [6.07, 6.45) is 0.962. The molecule has 0 aliphatic heterocycles. The number of hydrogen-bond donors (Lipinski definition) is 3. The second-order valence-corrected chi connectivity index (χ2v) is 4.61. The van der Waals surface area contributed by atoms with Gasteiger partial charge in [0.2, 0.25) is 0 Å². The summed E-state index contributed by atoms with van der Waals surface area (Å²) in [4.78, 5) is 11.0. The van der Waals surface area contributed by atoms with Crippen molar-refractivity contribution in [2.75, 3.05) is 17.7 Å². The van der Waals surface area contributed by atoms with Crippen LogP contribution in [0.4, 0.5) is 17.1 Å². The fraction of sp³-hybridized carbons (Fsp3) is 0.188. The minimum atomic E-state index is -1.04.